The first-order chi connectivity index (χ1) is 10.7. The second kappa shape index (κ2) is 6.31. The van der Waals surface area contributed by atoms with E-state index < -0.39 is 42.0 Å². The molecule has 2 rings (SSSR count). The lowest BCUT2D eigenvalue weighted by atomic mass is 10.2. The van der Waals surface area contributed by atoms with Crippen molar-refractivity contribution in [1.29, 1.82) is 0 Å². The van der Waals surface area contributed by atoms with Crippen LogP contribution in [0.4, 0.5) is 42.1 Å². The highest BCUT2D eigenvalue weighted by Gasteiger charge is 2.28. The van der Waals surface area contributed by atoms with Gasteiger partial charge in [-0.05, 0) is 12.1 Å². The molecule has 3 nitrogen and oxygen atoms in total. The van der Waals surface area contributed by atoms with Crippen LogP contribution in [0.25, 0.3) is 0 Å². The van der Waals surface area contributed by atoms with Crippen LogP contribution in [-0.4, -0.2) is 17.8 Å². The van der Waals surface area contributed by atoms with Gasteiger partial charge in [0.25, 0.3) is 11.9 Å². The lowest BCUT2D eigenvalue weighted by Gasteiger charge is -2.12. The number of halogens is 7. The van der Waals surface area contributed by atoms with Crippen molar-refractivity contribution in [3.05, 3.63) is 47.8 Å². The van der Waals surface area contributed by atoms with Gasteiger partial charge >= 0.3 is 6.18 Å². The third kappa shape index (κ3) is 4.24. The molecule has 23 heavy (non-hydrogen) atoms. The van der Waals surface area contributed by atoms with Gasteiger partial charge in [-0.3, -0.25) is 0 Å². The summed E-state index contributed by atoms with van der Waals surface area (Å²) in [6.45, 7) is -1.57. The van der Waals surface area contributed by atoms with E-state index in [2.05, 4.69) is 9.72 Å². The number of rotatable bonds is 4. The molecule has 0 aliphatic heterocycles. The minimum atomic E-state index is -4.57. The zero-order valence-corrected chi connectivity index (χ0v) is 11.0. The van der Waals surface area contributed by atoms with Gasteiger partial charge in [-0.15, -0.1) is 0 Å². The molecule has 0 atom stereocenters. The highest BCUT2D eigenvalue weighted by molar-refractivity contribution is 5.62. The standard InChI is InChI=1S/C13H7F7N2O/c14-8-10(9(15)12(17)22-11(8)16)21-6-2-1-3-7(4-6)23-5-13(18,19)20/h1-4H,5H2,(H,21,22). The largest absolute Gasteiger partial charge is 0.484 e. The molecule has 0 radical (unpaired) electrons. The summed E-state index contributed by atoms with van der Waals surface area (Å²) in [7, 11) is 0. The number of aromatic nitrogens is 1. The number of pyridine rings is 1. The fraction of sp³-hybridized carbons (Fsp3) is 0.154. The fourth-order valence-corrected chi connectivity index (χ4v) is 1.57. The van der Waals surface area contributed by atoms with Crippen LogP contribution in [0.5, 0.6) is 5.75 Å². The molecule has 0 fully saturated rings. The van der Waals surface area contributed by atoms with Gasteiger partial charge in [0.15, 0.2) is 6.61 Å². The summed E-state index contributed by atoms with van der Waals surface area (Å²) in [6.07, 6.45) is -4.57. The molecular weight excluding hydrogens is 333 g/mol. The quantitative estimate of drug-likeness (QED) is 0.665. The first kappa shape index (κ1) is 16.8. The SMILES string of the molecule is Fc1nc(F)c(F)c(Nc2cccc(OCC(F)(F)F)c2)c1F. The third-order valence-corrected chi connectivity index (χ3v) is 2.50. The van der Waals surface area contributed by atoms with Crippen LogP contribution in [0.1, 0.15) is 0 Å². The highest BCUT2D eigenvalue weighted by Crippen LogP contribution is 2.28. The van der Waals surface area contributed by atoms with Crippen LogP contribution in [0, 0.1) is 23.5 Å². The third-order valence-electron chi connectivity index (χ3n) is 2.50. The van der Waals surface area contributed by atoms with Crippen molar-refractivity contribution >= 4 is 11.4 Å². The van der Waals surface area contributed by atoms with Crippen molar-refractivity contribution in [3.63, 3.8) is 0 Å². The van der Waals surface area contributed by atoms with Gasteiger partial charge in [-0.2, -0.15) is 35.7 Å². The lowest BCUT2D eigenvalue weighted by molar-refractivity contribution is -0.153. The summed E-state index contributed by atoms with van der Waals surface area (Å²) in [5.74, 6) is -7.54. The minimum absolute atomic E-state index is 0.146. The molecule has 0 saturated carbocycles. The van der Waals surface area contributed by atoms with Gasteiger partial charge in [0.2, 0.25) is 11.6 Å². The Kier molecular flexibility index (Phi) is 4.62. The van der Waals surface area contributed by atoms with E-state index in [-0.39, 0.29) is 11.4 Å². The summed E-state index contributed by atoms with van der Waals surface area (Å²) in [5, 5.41) is 2.03. The molecule has 10 heteroatoms. The van der Waals surface area contributed by atoms with Crippen molar-refractivity contribution in [2.45, 2.75) is 6.18 Å². The van der Waals surface area contributed by atoms with Gasteiger partial charge in [-0.1, -0.05) is 6.07 Å². The summed E-state index contributed by atoms with van der Waals surface area (Å²) >= 11 is 0. The van der Waals surface area contributed by atoms with E-state index in [1.807, 2.05) is 5.32 Å². The molecular formula is C13H7F7N2O. The topological polar surface area (TPSA) is 34.2 Å². The van der Waals surface area contributed by atoms with Gasteiger partial charge < -0.3 is 10.1 Å². The summed E-state index contributed by atoms with van der Waals surface area (Å²) in [4.78, 5) is 2.38. The molecule has 0 aliphatic carbocycles. The molecule has 0 amide bonds. The number of benzene rings is 1. The Balaban J connectivity index is 2.25. The Morgan fingerprint density at radius 2 is 1.61 bits per heavy atom. The lowest BCUT2D eigenvalue weighted by Crippen LogP contribution is -2.19. The predicted molar refractivity (Wildman–Crippen MR) is 65.3 cm³/mol. The maximum Gasteiger partial charge on any atom is 0.422 e. The molecule has 2 aromatic rings. The van der Waals surface area contributed by atoms with Crippen LogP contribution in [-0.2, 0) is 0 Å². The molecule has 0 bridgehead atoms. The van der Waals surface area contributed by atoms with E-state index >= 15 is 0 Å². The molecule has 0 aliphatic rings. The van der Waals surface area contributed by atoms with E-state index in [0.29, 0.717) is 0 Å². The molecule has 1 aromatic heterocycles. The Morgan fingerprint density at radius 3 is 2.17 bits per heavy atom. The second-order valence-corrected chi connectivity index (χ2v) is 4.25. The zero-order valence-electron chi connectivity index (χ0n) is 11.0. The van der Waals surface area contributed by atoms with Crippen LogP contribution < -0.4 is 10.1 Å². The first-order valence-corrected chi connectivity index (χ1v) is 5.94. The number of anilines is 2. The number of hydrogen-bond acceptors (Lipinski definition) is 3. The van der Waals surface area contributed by atoms with E-state index in [0.717, 1.165) is 12.1 Å². The number of nitrogens with one attached hydrogen (secondary N) is 1. The summed E-state index contributed by atoms with van der Waals surface area (Å²) in [6, 6.07) is 4.56. The van der Waals surface area contributed by atoms with Crippen molar-refractivity contribution in [2.75, 3.05) is 11.9 Å². The molecule has 1 N–H and O–H groups in total. The summed E-state index contributed by atoms with van der Waals surface area (Å²) in [5.41, 5.74) is -1.31. The number of ether oxygens (including phenoxy) is 1. The molecule has 1 aromatic carbocycles. The van der Waals surface area contributed by atoms with Crippen LogP contribution in [0.3, 0.4) is 0 Å². The monoisotopic (exact) mass is 340 g/mol. The predicted octanol–water partition coefficient (Wildman–Crippen LogP) is 4.32. The maximum absolute atomic E-state index is 13.4. The van der Waals surface area contributed by atoms with E-state index in [1.54, 1.807) is 0 Å². The Labute approximate surface area is 124 Å². The Bertz CT molecular complexity index is 692. The van der Waals surface area contributed by atoms with Crippen molar-refractivity contribution < 1.29 is 35.5 Å². The zero-order chi connectivity index (χ0) is 17.2. The average Bonchev–Trinajstić information content (AvgIpc) is 2.47. The minimum Gasteiger partial charge on any atom is -0.484 e. The van der Waals surface area contributed by atoms with Gasteiger partial charge in [0.1, 0.15) is 11.4 Å². The normalized spacial score (nSPS) is 11.4. The van der Waals surface area contributed by atoms with E-state index in [1.165, 1.54) is 12.1 Å². The average molecular weight is 340 g/mol. The smallest absolute Gasteiger partial charge is 0.422 e. The van der Waals surface area contributed by atoms with Crippen LogP contribution in [0.15, 0.2) is 24.3 Å². The molecule has 0 spiro atoms. The number of alkyl halides is 3. The van der Waals surface area contributed by atoms with Gasteiger partial charge in [0, 0.05) is 11.8 Å². The van der Waals surface area contributed by atoms with E-state index in [9.17, 15) is 30.7 Å². The molecule has 124 valence electrons. The number of nitrogens with zero attached hydrogens (tertiary/aromatic N) is 1. The summed E-state index contributed by atoms with van der Waals surface area (Å²) < 4.78 is 93.4. The maximum atomic E-state index is 13.4. The van der Waals surface area contributed by atoms with E-state index in [4.69, 9.17) is 0 Å². The molecule has 0 saturated heterocycles. The highest BCUT2D eigenvalue weighted by atomic mass is 19.4. The second-order valence-electron chi connectivity index (χ2n) is 4.25. The number of hydrogen-bond donors (Lipinski definition) is 1. The van der Waals surface area contributed by atoms with Crippen molar-refractivity contribution in [1.82, 2.24) is 4.98 Å². The Hall–Kier alpha value is -2.52. The Morgan fingerprint density at radius 1 is 1.00 bits per heavy atom. The fourth-order valence-electron chi connectivity index (χ4n) is 1.57. The first-order valence-electron chi connectivity index (χ1n) is 5.94. The molecule has 1 heterocycles. The van der Waals surface area contributed by atoms with Crippen molar-refractivity contribution in [3.8, 4) is 5.75 Å². The van der Waals surface area contributed by atoms with Gasteiger partial charge in [0.05, 0.1) is 0 Å². The van der Waals surface area contributed by atoms with Crippen LogP contribution >= 0.6 is 0 Å². The van der Waals surface area contributed by atoms with Gasteiger partial charge in [-0.25, -0.2) is 0 Å². The van der Waals surface area contributed by atoms with Crippen molar-refractivity contribution in [2.24, 2.45) is 0 Å². The van der Waals surface area contributed by atoms with Crippen LogP contribution in [0.2, 0.25) is 0 Å². The molecule has 0 unspecified atom stereocenters.